The summed E-state index contributed by atoms with van der Waals surface area (Å²) in [6, 6.07) is 7.28. The Balaban J connectivity index is 2.23. The van der Waals surface area contributed by atoms with Crippen LogP contribution in [0.4, 0.5) is 10.1 Å². The Morgan fingerprint density at radius 1 is 1.24 bits per heavy atom. The molecule has 0 aliphatic rings. The molecule has 1 N–H and O–H groups in total. The number of nitrogens with zero attached hydrogens (tertiary/aromatic N) is 1. The molecule has 0 aliphatic heterocycles. The highest BCUT2D eigenvalue weighted by Crippen LogP contribution is 2.19. The second-order valence-corrected chi connectivity index (χ2v) is 4.17. The predicted molar refractivity (Wildman–Crippen MR) is 66.3 cm³/mol. The first kappa shape index (κ1) is 11.7. The van der Waals surface area contributed by atoms with Crippen LogP contribution in [0.2, 0.25) is 0 Å². The Kier molecular flexibility index (Phi) is 3.49. The Morgan fingerprint density at radius 2 is 1.94 bits per heavy atom. The van der Waals surface area contributed by atoms with E-state index in [4.69, 9.17) is 0 Å². The minimum atomic E-state index is -0.451. The summed E-state index contributed by atoms with van der Waals surface area (Å²) in [5.74, 6) is -0.823. The van der Waals surface area contributed by atoms with E-state index in [1.54, 1.807) is 24.5 Å². The Morgan fingerprint density at radius 3 is 2.65 bits per heavy atom. The first-order chi connectivity index (χ1) is 8.16. The molecule has 2 rings (SSSR count). The largest absolute Gasteiger partial charge is 0.322 e. The maximum Gasteiger partial charge on any atom is 0.256 e. The number of amides is 1. The van der Waals surface area contributed by atoms with E-state index < -0.39 is 5.82 Å². The van der Waals surface area contributed by atoms with Crippen molar-refractivity contribution in [2.24, 2.45) is 0 Å². The summed E-state index contributed by atoms with van der Waals surface area (Å²) in [6.45, 7) is 0. The van der Waals surface area contributed by atoms with Gasteiger partial charge in [-0.05, 0) is 46.3 Å². The van der Waals surface area contributed by atoms with Gasteiger partial charge in [0.05, 0.1) is 5.56 Å². The van der Waals surface area contributed by atoms with Crippen molar-refractivity contribution in [1.82, 2.24) is 4.98 Å². The number of aromatic nitrogens is 1. The zero-order valence-corrected chi connectivity index (χ0v) is 10.2. The second kappa shape index (κ2) is 5.05. The van der Waals surface area contributed by atoms with Crippen molar-refractivity contribution in [2.75, 3.05) is 5.32 Å². The third-order valence-corrected chi connectivity index (χ3v) is 2.80. The van der Waals surface area contributed by atoms with Crippen LogP contribution in [0, 0.1) is 5.82 Å². The van der Waals surface area contributed by atoms with Gasteiger partial charge in [0, 0.05) is 22.6 Å². The smallest absolute Gasteiger partial charge is 0.256 e. The average Bonchev–Trinajstić information content (AvgIpc) is 2.33. The molecule has 17 heavy (non-hydrogen) atoms. The van der Waals surface area contributed by atoms with E-state index in [2.05, 4.69) is 26.2 Å². The number of pyridine rings is 1. The number of benzene rings is 1. The van der Waals surface area contributed by atoms with Crippen LogP contribution in [0.3, 0.4) is 0 Å². The molecule has 0 atom stereocenters. The summed E-state index contributed by atoms with van der Waals surface area (Å²) in [6.07, 6.45) is 3.13. The van der Waals surface area contributed by atoms with Crippen LogP contribution in [-0.2, 0) is 0 Å². The Hall–Kier alpha value is -1.75. The van der Waals surface area contributed by atoms with E-state index >= 15 is 0 Å². The molecule has 0 saturated heterocycles. The Labute approximate surface area is 106 Å². The molecule has 86 valence electrons. The van der Waals surface area contributed by atoms with E-state index in [1.165, 1.54) is 18.2 Å². The topological polar surface area (TPSA) is 42.0 Å². The number of anilines is 1. The zero-order chi connectivity index (χ0) is 12.3. The molecule has 0 bridgehead atoms. The summed E-state index contributed by atoms with van der Waals surface area (Å²) < 4.78 is 13.6. The first-order valence-corrected chi connectivity index (χ1v) is 5.62. The van der Waals surface area contributed by atoms with Crippen molar-refractivity contribution in [3.8, 4) is 0 Å². The van der Waals surface area contributed by atoms with Gasteiger partial charge in [-0.25, -0.2) is 4.39 Å². The molecular formula is C12H8BrFN2O. The number of hydrogen-bond donors (Lipinski definition) is 1. The molecule has 2 aromatic rings. The summed E-state index contributed by atoms with van der Waals surface area (Å²) in [4.78, 5) is 15.7. The number of carbonyl (C=O) groups excluding carboxylic acids is 1. The van der Waals surface area contributed by atoms with Gasteiger partial charge in [-0.3, -0.25) is 9.78 Å². The fraction of sp³-hybridized carbons (Fsp3) is 0. The van der Waals surface area contributed by atoms with Crippen molar-refractivity contribution < 1.29 is 9.18 Å². The fourth-order valence-corrected chi connectivity index (χ4v) is 1.73. The van der Waals surface area contributed by atoms with Gasteiger partial charge in [-0.2, -0.15) is 0 Å². The summed E-state index contributed by atoms with van der Waals surface area (Å²) in [5, 5.41) is 2.65. The molecule has 0 unspecified atom stereocenters. The highest BCUT2D eigenvalue weighted by Gasteiger charge is 2.11. The lowest BCUT2D eigenvalue weighted by Gasteiger charge is -2.06. The lowest BCUT2D eigenvalue weighted by atomic mass is 10.2. The van der Waals surface area contributed by atoms with Gasteiger partial charge in [-0.15, -0.1) is 0 Å². The fourth-order valence-electron chi connectivity index (χ4n) is 1.31. The van der Waals surface area contributed by atoms with Crippen molar-refractivity contribution in [2.45, 2.75) is 0 Å². The quantitative estimate of drug-likeness (QED) is 0.924. The van der Waals surface area contributed by atoms with Gasteiger partial charge in [0.1, 0.15) is 5.82 Å². The molecule has 0 radical (unpaired) electrons. The molecule has 0 aliphatic carbocycles. The van der Waals surface area contributed by atoms with Crippen LogP contribution in [0.1, 0.15) is 10.4 Å². The number of nitrogens with one attached hydrogen (secondary N) is 1. The van der Waals surface area contributed by atoms with Crippen molar-refractivity contribution >= 4 is 27.5 Å². The molecule has 0 spiro atoms. The lowest BCUT2D eigenvalue weighted by Crippen LogP contribution is -2.12. The van der Waals surface area contributed by atoms with E-state index in [0.29, 0.717) is 10.2 Å². The highest BCUT2D eigenvalue weighted by molar-refractivity contribution is 9.10. The predicted octanol–water partition coefficient (Wildman–Crippen LogP) is 3.24. The second-order valence-electron chi connectivity index (χ2n) is 3.31. The maximum atomic E-state index is 13.0. The number of halogens is 2. The summed E-state index contributed by atoms with van der Waals surface area (Å²) in [5.41, 5.74) is 0.864. The normalized spacial score (nSPS) is 10.0. The van der Waals surface area contributed by atoms with E-state index in [-0.39, 0.29) is 11.5 Å². The number of hydrogen-bond acceptors (Lipinski definition) is 2. The van der Waals surface area contributed by atoms with Crippen LogP contribution in [0.25, 0.3) is 0 Å². The molecule has 0 fully saturated rings. The molecule has 1 amide bonds. The van der Waals surface area contributed by atoms with Gasteiger partial charge in [-0.1, -0.05) is 0 Å². The summed E-state index contributed by atoms with van der Waals surface area (Å²) in [7, 11) is 0. The Bertz CT molecular complexity index is 545. The van der Waals surface area contributed by atoms with Gasteiger partial charge < -0.3 is 5.32 Å². The summed E-state index contributed by atoms with van der Waals surface area (Å²) >= 11 is 3.20. The molecule has 3 nitrogen and oxygen atoms in total. The minimum Gasteiger partial charge on any atom is -0.322 e. The van der Waals surface area contributed by atoms with E-state index in [0.717, 1.165) is 0 Å². The third-order valence-electron chi connectivity index (χ3n) is 2.11. The average molecular weight is 295 g/mol. The third kappa shape index (κ3) is 2.88. The molecular weight excluding hydrogens is 287 g/mol. The van der Waals surface area contributed by atoms with E-state index in [1.807, 2.05) is 0 Å². The van der Waals surface area contributed by atoms with Crippen molar-refractivity contribution in [3.63, 3.8) is 0 Å². The molecule has 1 heterocycles. The lowest BCUT2D eigenvalue weighted by molar-refractivity contribution is 0.102. The zero-order valence-electron chi connectivity index (χ0n) is 8.65. The number of carbonyl (C=O) groups is 1. The molecule has 1 aromatic heterocycles. The van der Waals surface area contributed by atoms with Gasteiger partial charge >= 0.3 is 0 Å². The number of rotatable bonds is 2. The van der Waals surface area contributed by atoms with Crippen LogP contribution in [0.5, 0.6) is 0 Å². The van der Waals surface area contributed by atoms with Gasteiger partial charge in [0.2, 0.25) is 0 Å². The standard InChI is InChI=1S/C12H8BrFN2O/c13-11-2-1-8(14)7-10(11)12(17)16-9-3-5-15-6-4-9/h1-7H,(H,15,16,17). The van der Waals surface area contributed by atoms with Gasteiger partial charge in [0.15, 0.2) is 0 Å². The maximum absolute atomic E-state index is 13.0. The molecule has 5 heteroatoms. The van der Waals surface area contributed by atoms with Crippen LogP contribution in [0.15, 0.2) is 47.2 Å². The van der Waals surface area contributed by atoms with Crippen LogP contribution >= 0.6 is 15.9 Å². The van der Waals surface area contributed by atoms with Crippen molar-refractivity contribution in [3.05, 3.63) is 58.6 Å². The molecule has 0 saturated carbocycles. The van der Waals surface area contributed by atoms with E-state index in [9.17, 15) is 9.18 Å². The first-order valence-electron chi connectivity index (χ1n) is 4.83. The van der Waals surface area contributed by atoms with Crippen LogP contribution in [-0.4, -0.2) is 10.9 Å². The minimum absolute atomic E-state index is 0.252. The van der Waals surface area contributed by atoms with Gasteiger partial charge in [0.25, 0.3) is 5.91 Å². The highest BCUT2D eigenvalue weighted by atomic mass is 79.9. The molecule has 1 aromatic carbocycles. The monoisotopic (exact) mass is 294 g/mol. The van der Waals surface area contributed by atoms with Crippen LogP contribution < -0.4 is 5.32 Å². The van der Waals surface area contributed by atoms with Crippen molar-refractivity contribution in [1.29, 1.82) is 0 Å². The SMILES string of the molecule is O=C(Nc1ccncc1)c1cc(F)ccc1Br.